The molecule has 0 atom stereocenters. The summed E-state index contributed by atoms with van der Waals surface area (Å²) >= 11 is 4.63. The Balaban J connectivity index is 1.53. The molecule has 0 unspecified atom stereocenters. The van der Waals surface area contributed by atoms with Gasteiger partial charge in [0.2, 0.25) is 0 Å². The normalized spacial score (nSPS) is 11.2. The lowest BCUT2D eigenvalue weighted by atomic mass is 10.2. The summed E-state index contributed by atoms with van der Waals surface area (Å²) in [6.45, 7) is 3.24. The van der Waals surface area contributed by atoms with E-state index in [2.05, 4.69) is 142 Å². The van der Waals surface area contributed by atoms with Crippen molar-refractivity contribution in [3.05, 3.63) is 110 Å². The summed E-state index contributed by atoms with van der Waals surface area (Å²) in [7, 11) is -0.625. The van der Waals surface area contributed by atoms with Gasteiger partial charge in [-0.05, 0) is 127 Å². The van der Waals surface area contributed by atoms with Gasteiger partial charge in [-0.1, -0.05) is 36.4 Å². The summed E-state index contributed by atoms with van der Waals surface area (Å²) in [6, 6.07) is 34.1. The van der Waals surface area contributed by atoms with Crippen molar-refractivity contribution in [3.8, 4) is 11.5 Å². The molecule has 34 heavy (non-hydrogen) atoms. The Kier molecular flexibility index (Phi) is 9.55. The quantitative estimate of drug-likeness (QED) is 0.0783. The van der Waals surface area contributed by atoms with E-state index in [4.69, 9.17) is 14.2 Å². The Morgan fingerprint density at radius 2 is 1.29 bits per heavy atom. The van der Waals surface area contributed by atoms with E-state index < -0.39 is 10.9 Å². The van der Waals surface area contributed by atoms with Gasteiger partial charge < -0.3 is 14.2 Å². The third-order valence-electron chi connectivity index (χ3n) is 5.09. The first-order valence-electron chi connectivity index (χ1n) is 11.0. The lowest BCUT2D eigenvalue weighted by Crippen LogP contribution is -2.07. The Bertz CT molecular complexity index is 1150. The number of rotatable bonds is 10. The molecule has 0 aromatic heterocycles. The molecule has 4 rings (SSSR count). The summed E-state index contributed by atoms with van der Waals surface area (Å²) < 4.78 is 19.6. The largest absolute Gasteiger partial charge is 0.489 e. The van der Waals surface area contributed by atoms with E-state index in [9.17, 15) is 0 Å². The van der Waals surface area contributed by atoms with Crippen LogP contribution in [0.5, 0.6) is 11.5 Å². The molecule has 0 bridgehead atoms. The first-order valence-corrected chi connectivity index (χ1v) is 14.5. The monoisotopic (exact) mass is 696 g/mol. The predicted octanol–water partition coefficient (Wildman–Crippen LogP) is 8.33. The second kappa shape index (κ2) is 12.8. The Morgan fingerprint density at radius 1 is 0.706 bits per heavy atom. The minimum absolute atomic E-state index is 0.233. The van der Waals surface area contributed by atoms with Crippen molar-refractivity contribution in [2.75, 3.05) is 13.4 Å². The van der Waals surface area contributed by atoms with Crippen LogP contribution in [-0.2, 0) is 11.3 Å². The molecule has 0 amide bonds. The molecule has 0 saturated heterocycles. The Hall–Kier alpha value is -1.75. The molecule has 0 aliphatic heterocycles. The van der Waals surface area contributed by atoms with Crippen LogP contribution in [0.4, 0.5) is 0 Å². The molecule has 0 aliphatic carbocycles. The summed E-state index contributed by atoms with van der Waals surface area (Å²) in [4.78, 5) is 3.97. The topological polar surface area (TPSA) is 27.7 Å². The summed E-state index contributed by atoms with van der Waals surface area (Å²) in [5, 5.41) is 0. The highest BCUT2D eigenvalue weighted by molar-refractivity contribution is 14.1. The van der Waals surface area contributed by atoms with E-state index in [1.165, 1.54) is 14.7 Å². The molecule has 4 aromatic rings. The van der Waals surface area contributed by atoms with Gasteiger partial charge in [-0.15, -0.1) is 0 Å². The van der Waals surface area contributed by atoms with Gasteiger partial charge in [0, 0.05) is 15.7 Å². The molecule has 0 spiro atoms. The average molecular weight is 696 g/mol. The lowest BCUT2D eigenvalue weighted by Gasteiger charge is -2.23. The molecule has 6 heteroatoms. The standard InChI is InChI=1S/C28H26I2O3S/c1-2-31-20-33-28-21(17-22(29)18-27(28)30)19-32-23-13-15-26(16-14-23)34(24-9-5-3-6-10-24)25-11-7-4-8-12-25/h3-18,34H,2,19-20H2,1H3. The maximum absolute atomic E-state index is 6.17. The number of benzene rings is 4. The van der Waals surface area contributed by atoms with Crippen LogP contribution < -0.4 is 9.47 Å². The fourth-order valence-corrected chi connectivity index (χ4v) is 7.92. The van der Waals surface area contributed by atoms with E-state index in [1.807, 2.05) is 6.92 Å². The fourth-order valence-electron chi connectivity index (χ4n) is 3.52. The molecule has 0 aliphatic rings. The molecular weight excluding hydrogens is 670 g/mol. The third kappa shape index (κ3) is 6.68. The SMILES string of the molecule is CCOCOc1c(I)cc(I)cc1COc1ccc([SH](c2ccccc2)c2ccccc2)cc1. The van der Waals surface area contributed by atoms with Crippen molar-refractivity contribution < 1.29 is 14.2 Å². The van der Waals surface area contributed by atoms with Gasteiger partial charge in [-0.25, -0.2) is 0 Å². The van der Waals surface area contributed by atoms with E-state index in [0.717, 1.165) is 24.2 Å². The second-order valence-corrected chi connectivity index (χ2v) is 12.0. The van der Waals surface area contributed by atoms with Crippen LogP contribution in [-0.4, -0.2) is 13.4 Å². The van der Waals surface area contributed by atoms with E-state index >= 15 is 0 Å². The van der Waals surface area contributed by atoms with Crippen LogP contribution in [0, 0.1) is 7.14 Å². The van der Waals surface area contributed by atoms with Crippen molar-refractivity contribution in [1.29, 1.82) is 0 Å². The smallest absolute Gasteiger partial charge is 0.189 e. The van der Waals surface area contributed by atoms with E-state index in [-0.39, 0.29) is 6.79 Å². The second-order valence-electron chi connectivity index (χ2n) is 7.42. The molecule has 0 radical (unpaired) electrons. The van der Waals surface area contributed by atoms with Gasteiger partial charge in [0.25, 0.3) is 0 Å². The first kappa shape index (κ1) is 25.3. The van der Waals surface area contributed by atoms with Crippen molar-refractivity contribution in [2.45, 2.75) is 28.2 Å². The molecule has 176 valence electrons. The Labute approximate surface area is 231 Å². The highest BCUT2D eigenvalue weighted by atomic mass is 127. The van der Waals surface area contributed by atoms with Crippen LogP contribution in [0.3, 0.4) is 0 Å². The van der Waals surface area contributed by atoms with Gasteiger partial charge in [0.1, 0.15) is 18.1 Å². The van der Waals surface area contributed by atoms with Gasteiger partial charge in [-0.3, -0.25) is 0 Å². The Morgan fingerprint density at radius 3 is 1.88 bits per heavy atom. The van der Waals surface area contributed by atoms with Gasteiger partial charge >= 0.3 is 0 Å². The van der Waals surface area contributed by atoms with E-state index in [1.54, 1.807) is 0 Å². The number of hydrogen-bond donors (Lipinski definition) is 1. The fraction of sp³-hybridized carbons (Fsp3) is 0.143. The van der Waals surface area contributed by atoms with Gasteiger partial charge in [-0.2, -0.15) is 10.9 Å². The summed E-state index contributed by atoms with van der Waals surface area (Å²) in [5.41, 5.74) is 1.01. The third-order valence-corrected chi connectivity index (χ3v) is 8.96. The number of ether oxygens (including phenoxy) is 3. The number of halogens is 2. The zero-order valence-electron chi connectivity index (χ0n) is 18.8. The highest BCUT2D eigenvalue weighted by Crippen LogP contribution is 2.51. The number of thiol groups is 1. The zero-order valence-corrected chi connectivity index (χ0v) is 24.0. The minimum atomic E-state index is -0.625. The maximum atomic E-state index is 6.17. The van der Waals surface area contributed by atoms with Crippen LogP contribution in [0.25, 0.3) is 0 Å². The van der Waals surface area contributed by atoms with E-state index in [0.29, 0.717) is 13.2 Å². The highest BCUT2D eigenvalue weighted by Gasteiger charge is 2.14. The van der Waals surface area contributed by atoms with Crippen molar-refractivity contribution in [1.82, 2.24) is 0 Å². The van der Waals surface area contributed by atoms with Crippen molar-refractivity contribution >= 4 is 56.1 Å². The lowest BCUT2D eigenvalue weighted by molar-refractivity contribution is 0.0208. The van der Waals surface area contributed by atoms with Crippen LogP contribution in [0.2, 0.25) is 0 Å². The molecule has 0 saturated carbocycles. The van der Waals surface area contributed by atoms with Crippen LogP contribution in [0.15, 0.2) is 112 Å². The first-order chi connectivity index (χ1) is 16.7. The van der Waals surface area contributed by atoms with Crippen molar-refractivity contribution in [3.63, 3.8) is 0 Å². The van der Waals surface area contributed by atoms with Crippen LogP contribution >= 0.6 is 56.1 Å². The van der Waals surface area contributed by atoms with Gasteiger partial charge in [0.15, 0.2) is 6.79 Å². The van der Waals surface area contributed by atoms with Crippen molar-refractivity contribution in [2.24, 2.45) is 0 Å². The molecule has 4 aromatic carbocycles. The maximum Gasteiger partial charge on any atom is 0.189 e. The molecular formula is C28H26I2O3S. The summed E-state index contributed by atoms with van der Waals surface area (Å²) in [6.07, 6.45) is 0. The predicted molar refractivity (Wildman–Crippen MR) is 156 cm³/mol. The summed E-state index contributed by atoms with van der Waals surface area (Å²) in [5.74, 6) is 1.66. The zero-order chi connectivity index (χ0) is 23.8. The molecule has 3 nitrogen and oxygen atoms in total. The number of hydrogen-bond acceptors (Lipinski definition) is 3. The molecule has 0 fully saturated rings. The van der Waals surface area contributed by atoms with Crippen LogP contribution in [0.1, 0.15) is 12.5 Å². The minimum Gasteiger partial charge on any atom is -0.489 e. The van der Waals surface area contributed by atoms with Gasteiger partial charge in [0.05, 0.1) is 3.57 Å². The average Bonchev–Trinajstić information content (AvgIpc) is 2.86. The molecule has 0 heterocycles. The molecule has 0 N–H and O–H groups in total.